The lowest BCUT2D eigenvalue weighted by Gasteiger charge is -2.14. The third-order valence-corrected chi connectivity index (χ3v) is 4.55. The highest BCUT2D eigenvalue weighted by Gasteiger charge is 2.09. The first-order valence-corrected chi connectivity index (χ1v) is 8.32. The average Bonchev–Trinajstić information content (AvgIpc) is 2.29. The van der Waals surface area contributed by atoms with E-state index in [1.807, 2.05) is 23.9 Å². The Bertz CT molecular complexity index is 304. The van der Waals surface area contributed by atoms with E-state index < -0.39 is 0 Å². The topological polar surface area (TPSA) is 0 Å². The fourth-order valence-electron chi connectivity index (χ4n) is 1.67. The third-order valence-electron chi connectivity index (χ3n) is 2.55. The molecule has 0 heterocycles. The summed E-state index contributed by atoms with van der Waals surface area (Å²) >= 11 is 11.6. The summed E-state index contributed by atoms with van der Waals surface area (Å²) in [5.74, 6) is 3.08. The maximum atomic E-state index is 6.01. The van der Waals surface area contributed by atoms with Crippen LogP contribution in [0.4, 0.5) is 0 Å². The molecule has 0 spiro atoms. The Hall–Kier alpha value is 0.340. The molecule has 0 nitrogen and oxygen atoms in total. The summed E-state index contributed by atoms with van der Waals surface area (Å²) in [6.07, 6.45) is 2.51. The third kappa shape index (κ3) is 5.11. The molecule has 0 aliphatic rings. The lowest BCUT2D eigenvalue weighted by Crippen LogP contribution is -2.01. The molecule has 1 aromatic rings. The van der Waals surface area contributed by atoms with Crippen molar-refractivity contribution in [1.82, 2.24) is 0 Å². The molecule has 1 rings (SSSR count). The van der Waals surface area contributed by atoms with Crippen LogP contribution in [-0.2, 0) is 0 Å². The van der Waals surface area contributed by atoms with Crippen molar-refractivity contribution in [3.8, 4) is 0 Å². The van der Waals surface area contributed by atoms with Gasteiger partial charge in [0, 0.05) is 10.4 Å². The van der Waals surface area contributed by atoms with Crippen molar-refractivity contribution in [2.75, 3.05) is 16.8 Å². The molecule has 1 atom stereocenters. The van der Waals surface area contributed by atoms with E-state index in [-0.39, 0.29) is 0 Å². The molecule has 0 fully saturated rings. The summed E-state index contributed by atoms with van der Waals surface area (Å²) in [6, 6.07) is 8.22. The van der Waals surface area contributed by atoms with E-state index in [0.717, 1.165) is 10.4 Å². The van der Waals surface area contributed by atoms with Crippen molar-refractivity contribution in [3.63, 3.8) is 0 Å². The Morgan fingerprint density at radius 1 is 1.44 bits per heavy atom. The molecule has 16 heavy (non-hydrogen) atoms. The molecular formula is C13H18BrClS. The Morgan fingerprint density at radius 3 is 2.88 bits per heavy atom. The normalized spacial score (nSPS) is 12.7. The van der Waals surface area contributed by atoms with Gasteiger partial charge in [0.1, 0.15) is 0 Å². The van der Waals surface area contributed by atoms with Gasteiger partial charge in [-0.25, -0.2) is 0 Å². The van der Waals surface area contributed by atoms with Gasteiger partial charge < -0.3 is 0 Å². The fraction of sp³-hybridized carbons (Fsp3) is 0.538. The van der Waals surface area contributed by atoms with Crippen molar-refractivity contribution in [3.05, 3.63) is 34.9 Å². The molecule has 0 saturated heterocycles. The highest BCUT2D eigenvalue weighted by Crippen LogP contribution is 2.26. The molecule has 0 amide bonds. The van der Waals surface area contributed by atoms with Gasteiger partial charge in [0.15, 0.2) is 0 Å². The van der Waals surface area contributed by atoms with Gasteiger partial charge in [0.25, 0.3) is 0 Å². The lowest BCUT2D eigenvalue weighted by molar-refractivity contribution is 0.681. The summed E-state index contributed by atoms with van der Waals surface area (Å²) in [5, 5.41) is 1.86. The van der Waals surface area contributed by atoms with Crippen LogP contribution in [0.15, 0.2) is 24.3 Å². The van der Waals surface area contributed by atoms with Gasteiger partial charge in [0.2, 0.25) is 0 Å². The Morgan fingerprint density at radius 2 is 2.25 bits per heavy atom. The van der Waals surface area contributed by atoms with Crippen LogP contribution < -0.4 is 0 Å². The highest BCUT2D eigenvalue weighted by atomic mass is 79.9. The van der Waals surface area contributed by atoms with Gasteiger partial charge in [-0.05, 0) is 48.0 Å². The first-order valence-electron chi connectivity index (χ1n) is 5.67. The van der Waals surface area contributed by atoms with Crippen molar-refractivity contribution in [2.45, 2.75) is 25.7 Å². The summed E-state index contributed by atoms with van der Waals surface area (Å²) in [4.78, 5) is 0. The first-order chi connectivity index (χ1) is 7.77. The molecule has 0 bridgehead atoms. The summed E-state index contributed by atoms with van der Waals surface area (Å²) < 4.78 is 0. The molecule has 0 aliphatic heterocycles. The minimum absolute atomic E-state index is 0.594. The van der Waals surface area contributed by atoms with Crippen LogP contribution in [0.25, 0.3) is 0 Å². The van der Waals surface area contributed by atoms with E-state index in [2.05, 4.69) is 35.0 Å². The van der Waals surface area contributed by atoms with Gasteiger partial charge in [-0.3, -0.25) is 0 Å². The molecular weight excluding hydrogens is 304 g/mol. The van der Waals surface area contributed by atoms with Crippen molar-refractivity contribution in [2.24, 2.45) is 0 Å². The van der Waals surface area contributed by atoms with Crippen molar-refractivity contribution >= 4 is 39.3 Å². The zero-order chi connectivity index (χ0) is 11.8. The monoisotopic (exact) mass is 320 g/mol. The number of alkyl halides is 1. The predicted molar refractivity (Wildman–Crippen MR) is 80.2 cm³/mol. The maximum absolute atomic E-state index is 6.01. The van der Waals surface area contributed by atoms with E-state index in [0.29, 0.717) is 5.92 Å². The van der Waals surface area contributed by atoms with Crippen LogP contribution in [0.3, 0.4) is 0 Å². The van der Waals surface area contributed by atoms with E-state index in [1.165, 1.54) is 29.9 Å². The zero-order valence-corrected chi connectivity index (χ0v) is 12.7. The number of hydrogen-bond acceptors (Lipinski definition) is 1. The molecule has 0 saturated carbocycles. The minimum Gasteiger partial charge on any atom is -0.162 e. The van der Waals surface area contributed by atoms with Gasteiger partial charge in [-0.1, -0.05) is 46.6 Å². The number of hydrogen-bond donors (Lipinski definition) is 0. The zero-order valence-electron chi connectivity index (χ0n) is 9.59. The standard InChI is InChI=1S/C13H18BrClS/c1-2-16-8-4-6-12(10-14)11-5-3-7-13(15)9-11/h3,5,7,9,12H,2,4,6,8,10H2,1H3. The summed E-state index contributed by atoms with van der Waals surface area (Å²) in [5.41, 5.74) is 1.35. The van der Waals surface area contributed by atoms with Gasteiger partial charge in [-0.15, -0.1) is 0 Å². The molecule has 3 heteroatoms. The van der Waals surface area contributed by atoms with Gasteiger partial charge in [-0.2, -0.15) is 11.8 Å². The fourth-order valence-corrected chi connectivity index (χ4v) is 3.23. The van der Waals surface area contributed by atoms with E-state index >= 15 is 0 Å². The first kappa shape index (κ1) is 14.4. The van der Waals surface area contributed by atoms with Gasteiger partial charge >= 0.3 is 0 Å². The Kier molecular flexibility index (Phi) is 7.59. The van der Waals surface area contributed by atoms with E-state index in [1.54, 1.807) is 0 Å². The average molecular weight is 322 g/mol. The van der Waals surface area contributed by atoms with Crippen LogP contribution in [0.5, 0.6) is 0 Å². The number of halogens is 2. The Labute approximate surface area is 116 Å². The van der Waals surface area contributed by atoms with Gasteiger partial charge in [0.05, 0.1) is 0 Å². The minimum atomic E-state index is 0.594. The van der Waals surface area contributed by atoms with E-state index in [4.69, 9.17) is 11.6 Å². The second-order valence-electron chi connectivity index (χ2n) is 3.75. The van der Waals surface area contributed by atoms with Crippen LogP contribution in [0.2, 0.25) is 5.02 Å². The summed E-state index contributed by atoms with van der Waals surface area (Å²) in [6.45, 7) is 2.21. The molecule has 1 unspecified atom stereocenters. The molecule has 0 aromatic heterocycles. The second kappa shape index (κ2) is 8.43. The van der Waals surface area contributed by atoms with Crippen LogP contribution in [-0.4, -0.2) is 16.8 Å². The van der Waals surface area contributed by atoms with Crippen LogP contribution in [0.1, 0.15) is 31.2 Å². The molecule has 90 valence electrons. The van der Waals surface area contributed by atoms with Crippen molar-refractivity contribution in [1.29, 1.82) is 0 Å². The SMILES string of the molecule is CCSCCCC(CBr)c1cccc(Cl)c1. The number of rotatable bonds is 7. The predicted octanol–water partition coefficient (Wildman–Crippen LogP) is 5.35. The number of thioether (sulfide) groups is 1. The Balaban J connectivity index is 2.47. The van der Waals surface area contributed by atoms with E-state index in [9.17, 15) is 0 Å². The van der Waals surface area contributed by atoms with Crippen LogP contribution >= 0.6 is 39.3 Å². The smallest absolute Gasteiger partial charge is 0.0408 e. The quantitative estimate of drug-likeness (QED) is 0.482. The van der Waals surface area contributed by atoms with Crippen LogP contribution in [0, 0.1) is 0 Å². The molecule has 0 N–H and O–H groups in total. The maximum Gasteiger partial charge on any atom is 0.0408 e. The molecule has 0 aliphatic carbocycles. The molecule has 0 radical (unpaired) electrons. The number of benzene rings is 1. The lowest BCUT2D eigenvalue weighted by atomic mass is 9.97. The summed E-state index contributed by atoms with van der Waals surface area (Å²) in [7, 11) is 0. The van der Waals surface area contributed by atoms with Crippen molar-refractivity contribution < 1.29 is 0 Å². The largest absolute Gasteiger partial charge is 0.162 e. The highest BCUT2D eigenvalue weighted by molar-refractivity contribution is 9.09. The molecule has 1 aromatic carbocycles. The second-order valence-corrected chi connectivity index (χ2v) is 6.22.